The maximum atomic E-state index is 4.68. The molecule has 1 aromatic carbocycles. The molecule has 1 aliphatic heterocycles. The number of hydrogen-bond acceptors (Lipinski definition) is 4. The van der Waals surface area contributed by atoms with Crippen LogP contribution in [0.2, 0.25) is 0 Å². The van der Waals surface area contributed by atoms with Crippen molar-refractivity contribution >= 4 is 16.6 Å². The Hall–Kier alpha value is -2.73. The Labute approximate surface area is 158 Å². The highest BCUT2D eigenvalue weighted by Gasteiger charge is 2.21. The number of nitrogens with one attached hydrogen (secondary N) is 2. The number of hydrogen-bond donors (Lipinski definition) is 2. The van der Waals surface area contributed by atoms with Gasteiger partial charge < -0.3 is 5.32 Å². The number of aromatic amines is 1. The van der Waals surface area contributed by atoms with Crippen LogP contribution in [0.1, 0.15) is 41.1 Å². The van der Waals surface area contributed by atoms with Crippen molar-refractivity contribution < 1.29 is 0 Å². The Morgan fingerprint density at radius 3 is 2.81 bits per heavy atom. The first kappa shape index (κ1) is 16.4. The van der Waals surface area contributed by atoms with Gasteiger partial charge in [0.1, 0.15) is 6.33 Å². The summed E-state index contributed by atoms with van der Waals surface area (Å²) in [5.41, 5.74) is 9.31. The lowest BCUT2D eigenvalue weighted by atomic mass is 9.91. The molecule has 1 atom stereocenters. The first-order valence-electron chi connectivity index (χ1n) is 9.62. The van der Waals surface area contributed by atoms with Gasteiger partial charge in [0.05, 0.1) is 11.2 Å². The van der Waals surface area contributed by atoms with E-state index in [0.29, 0.717) is 5.92 Å². The maximum absolute atomic E-state index is 4.68. The fourth-order valence-corrected chi connectivity index (χ4v) is 4.35. The molecular weight excluding hydrogens is 336 g/mol. The number of nitrogens with zero attached hydrogens (tertiary/aromatic N) is 4. The van der Waals surface area contributed by atoms with Crippen molar-refractivity contribution in [2.45, 2.75) is 39.5 Å². The number of benzene rings is 1. The summed E-state index contributed by atoms with van der Waals surface area (Å²) in [6, 6.07) is 4.53. The minimum absolute atomic E-state index is 0.494. The quantitative estimate of drug-likeness (QED) is 0.572. The van der Waals surface area contributed by atoms with Crippen LogP contribution >= 0.6 is 0 Å². The van der Waals surface area contributed by atoms with Crippen LogP contribution < -0.4 is 5.32 Å². The molecule has 4 heterocycles. The van der Waals surface area contributed by atoms with Crippen LogP contribution in [-0.4, -0.2) is 37.9 Å². The van der Waals surface area contributed by atoms with Crippen LogP contribution in [0.5, 0.6) is 0 Å². The zero-order valence-corrected chi connectivity index (χ0v) is 16.0. The summed E-state index contributed by atoms with van der Waals surface area (Å²) in [6.07, 6.45) is 6.11. The van der Waals surface area contributed by atoms with E-state index in [1.165, 1.54) is 51.7 Å². The number of pyridine rings is 1. The van der Waals surface area contributed by atoms with Crippen molar-refractivity contribution in [2.75, 3.05) is 13.1 Å². The second kappa shape index (κ2) is 6.16. The molecule has 2 N–H and O–H groups in total. The highest BCUT2D eigenvalue weighted by molar-refractivity contribution is 5.89. The normalized spacial score (nSPS) is 17.8. The highest BCUT2D eigenvalue weighted by atomic mass is 15.3. The highest BCUT2D eigenvalue weighted by Crippen LogP contribution is 2.35. The number of H-pyrrole nitrogens is 1. The number of aryl methyl sites for hydroxylation is 2. The second-order valence-corrected chi connectivity index (χ2v) is 7.69. The van der Waals surface area contributed by atoms with Crippen molar-refractivity contribution in [1.82, 2.24) is 30.1 Å². The lowest BCUT2D eigenvalue weighted by Crippen LogP contribution is -2.28. The minimum Gasteiger partial charge on any atom is -0.316 e. The third kappa shape index (κ3) is 2.55. The second-order valence-electron chi connectivity index (χ2n) is 7.69. The molecule has 0 saturated carbocycles. The van der Waals surface area contributed by atoms with E-state index in [9.17, 15) is 0 Å². The van der Waals surface area contributed by atoms with Crippen LogP contribution in [0.15, 0.2) is 24.7 Å². The number of piperidine rings is 1. The molecule has 0 amide bonds. The molecule has 0 radical (unpaired) electrons. The fraction of sp³-hybridized carbons (Fsp3) is 0.381. The van der Waals surface area contributed by atoms with E-state index in [0.717, 1.165) is 24.3 Å². The summed E-state index contributed by atoms with van der Waals surface area (Å²) < 4.78 is 1.87. The predicted octanol–water partition coefficient (Wildman–Crippen LogP) is 3.66. The molecule has 27 heavy (non-hydrogen) atoms. The monoisotopic (exact) mass is 360 g/mol. The van der Waals surface area contributed by atoms with Gasteiger partial charge in [-0.25, -0.2) is 9.50 Å². The first-order valence-corrected chi connectivity index (χ1v) is 9.62. The fourth-order valence-electron chi connectivity index (χ4n) is 4.35. The van der Waals surface area contributed by atoms with E-state index < -0.39 is 0 Å². The number of rotatable bonds is 2. The van der Waals surface area contributed by atoms with Gasteiger partial charge in [0.25, 0.3) is 0 Å². The maximum Gasteiger partial charge on any atom is 0.158 e. The average molecular weight is 360 g/mol. The molecule has 5 rings (SSSR count). The molecule has 0 bridgehead atoms. The lowest BCUT2D eigenvalue weighted by molar-refractivity contribution is 0.456. The van der Waals surface area contributed by atoms with Gasteiger partial charge in [-0.3, -0.25) is 5.10 Å². The zero-order chi connectivity index (χ0) is 18.5. The van der Waals surface area contributed by atoms with Crippen LogP contribution in [0.3, 0.4) is 0 Å². The molecule has 3 aromatic heterocycles. The van der Waals surface area contributed by atoms with Gasteiger partial charge in [-0.1, -0.05) is 0 Å². The van der Waals surface area contributed by atoms with Gasteiger partial charge >= 0.3 is 0 Å². The topological polar surface area (TPSA) is 70.9 Å². The Balaban J connectivity index is 1.67. The standard InChI is InChI=1S/C21H24N6/c1-12-7-17-19(25-26-20(17)15-5-4-6-22-9-15)8-16(12)18-10-27-21(23-11-24-27)14(3)13(18)2/h7-8,10-11,15,22H,4-6,9H2,1-3H3,(H,25,26). The summed E-state index contributed by atoms with van der Waals surface area (Å²) in [7, 11) is 0. The molecule has 138 valence electrons. The molecule has 6 nitrogen and oxygen atoms in total. The molecule has 4 aromatic rings. The SMILES string of the molecule is Cc1cc2c(C3CCCNC3)n[nH]c2cc1-c1cn2ncnc2c(C)c1C. The zero-order valence-electron chi connectivity index (χ0n) is 16.0. The van der Waals surface area contributed by atoms with Crippen LogP contribution in [0.25, 0.3) is 27.7 Å². The van der Waals surface area contributed by atoms with E-state index in [1.54, 1.807) is 6.33 Å². The van der Waals surface area contributed by atoms with Gasteiger partial charge in [0, 0.05) is 29.6 Å². The lowest BCUT2D eigenvalue weighted by Gasteiger charge is -2.21. The molecule has 1 unspecified atom stereocenters. The summed E-state index contributed by atoms with van der Waals surface area (Å²) >= 11 is 0. The minimum atomic E-state index is 0.494. The van der Waals surface area contributed by atoms with Gasteiger partial charge in [0.2, 0.25) is 0 Å². The van der Waals surface area contributed by atoms with Crippen molar-refractivity contribution in [2.24, 2.45) is 0 Å². The van der Waals surface area contributed by atoms with E-state index in [4.69, 9.17) is 0 Å². The van der Waals surface area contributed by atoms with Gasteiger partial charge in [-0.15, -0.1) is 0 Å². The average Bonchev–Trinajstić information content (AvgIpc) is 3.31. The summed E-state index contributed by atoms with van der Waals surface area (Å²) in [5.74, 6) is 0.494. The van der Waals surface area contributed by atoms with E-state index in [1.807, 2.05) is 4.52 Å². The van der Waals surface area contributed by atoms with Crippen molar-refractivity contribution in [1.29, 1.82) is 0 Å². The summed E-state index contributed by atoms with van der Waals surface area (Å²) in [4.78, 5) is 4.37. The van der Waals surface area contributed by atoms with Crippen molar-refractivity contribution in [3.8, 4) is 11.1 Å². The smallest absolute Gasteiger partial charge is 0.158 e. The Kier molecular flexibility index (Phi) is 3.75. The number of fused-ring (bicyclic) bond motifs is 2. The predicted molar refractivity (Wildman–Crippen MR) is 107 cm³/mol. The number of aromatic nitrogens is 5. The van der Waals surface area contributed by atoms with Crippen LogP contribution in [0, 0.1) is 20.8 Å². The van der Waals surface area contributed by atoms with Gasteiger partial charge in [-0.2, -0.15) is 10.2 Å². The van der Waals surface area contributed by atoms with Crippen molar-refractivity contribution in [3.63, 3.8) is 0 Å². The molecule has 0 aliphatic carbocycles. The molecule has 0 spiro atoms. The van der Waals surface area contributed by atoms with Crippen molar-refractivity contribution in [3.05, 3.63) is 47.0 Å². The third-order valence-electron chi connectivity index (χ3n) is 6.04. The molecule has 1 aliphatic rings. The molecule has 1 saturated heterocycles. The van der Waals surface area contributed by atoms with Gasteiger partial charge in [-0.05, 0) is 74.5 Å². The van der Waals surface area contributed by atoms with Crippen LogP contribution in [0.4, 0.5) is 0 Å². The Morgan fingerprint density at radius 1 is 1.11 bits per heavy atom. The van der Waals surface area contributed by atoms with E-state index in [-0.39, 0.29) is 0 Å². The summed E-state index contributed by atoms with van der Waals surface area (Å²) in [6.45, 7) is 8.59. The van der Waals surface area contributed by atoms with E-state index in [2.05, 4.69) is 64.7 Å². The molecular formula is C21H24N6. The van der Waals surface area contributed by atoms with Crippen LogP contribution in [-0.2, 0) is 0 Å². The molecule has 6 heteroatoms. The summed E-state index contributed by atoms with van der Waals surface area (Å²) in [5, 5.41) is 17.1. The largest absolute Gasteiger partial charge is 0.316 e. The van der Waals surface area contributed by atoms with E-state index >= 15 is 0 Å². The molecule has 1 fully saturated rings. The first-order chi connectivity index (χ1) is 13.1. The van der Waals surface area contributed by atoms with Gasteiger partial charge in [0.15, 0.2) is 5.65 Å². The third-order valence-corrected chi connectivity index (χ3v) is 6.04. The Bertz CT molecular complexity index is 1150. The Morgan fingerprint density at radius 2 is 2.00 bits per heavy atom.